The van der Waals surface area contributed by atoms with E-state index in [1.807, 2.05) is 17.7 Å². The van der Waals surface area contributed by atoms with E-state index >= 15 is 0 Å². The van der Waals surface area contributed by atoms with Gasteiger partial charge in [-0.3, -0.25) is 0 Å². The first-order chi connectivity index (χ1) is 9.36. The van der Waals surface area contributed by atoms with E-state index in [0.717, 1.165) is 18.8 Å². The van der Waals surface area contributed by atoms with Crippen LogP contribution in [0.4, 0.5) is 0 Å². The van der Waals surface area contributed by atoms with Crippen molar-refractivity contribution in [1.29, 1.82) is 5.26 Å². The van der Waals surface area contributed by atoms with Gasteiger partial charge in [-0.25, -0.2) is 0 Å². The Morgan fingerprint density at radius 2 is 2.05 bits per heavy atom. The standard InChI is InChI=1S/C16H28N4/c1-12(2)7-16(19(4)5)11-18-10-14-8-15(9-17)20(6)13(14)3/h8,12,16,18H,7,10-11H2,1-6H3. The SMILES string of the molecule is Cc1c(CNCC(CC(C)C)N(C)C)cc(C#N)n1C. The first kappa shape index (κ1) is 16.7. The lowest BCUT2D eigenvalue weighted by atomic mass is 10.0. The van der Waals surface area contributed by atoms with E-state index in [9.17, 15) is 0 Å². The molecule has 0 amide bonds. The van der Waals surface area contributed by atoms with Crippen molar-refractivity contribution in [2.75, 3.05) is 20.6 Å². The van der Waals surface area contributed by atoms with Gasteiger partial charge in [0.2, 0.25) is 0 Å². The maximum Gasteiger partial charge on any atom is 0.120 e. The summed E-state index contributed by atoms with van der Waals surface area (Å²) in [6, 6.07) is 4.76. The summed E-state index contributed by atoms with van der Waals surface area (Å²) >= 11 is 0. The van der Waals surface area contributed by atoms with E-state index in [4.69, 9.17) is 5.26 Å². The molecule has 1 atom stereocenters. The molecule has 0 bridgehead atoms. The summed E-state index contributed by atoms with van der Waals surface area (Å²) < 4.78 is 1.95. The number of nitrogens with one attached hydrogen (secondary N) is 1. The number of aromatic nitrogens is 1. The van der Waals surface area contributed by atoms with Gasteiger partial charge >= 0.3 is 0 Å². The second kappa shape index (κ2) is 7.47. The summed E-state index contributed by atoms with van der Waals surface area (Å²) in [4.78, 5) is 2.28. The molecule has 4 heteroatoms. The van der Waals surface area contributed by atoms with Gasteiger partial charge in [0.15, 0.2) is 0 Å². The zero-order valence-electron chi connectivity index (χ0n) is 13.7. The molecule has 0 saturated carbocycles. The Morgan fingerprint density at radius 3 is 2.50 bits per heavy atom. The maximum atomic E-state index is 9.04. The number of hydrogen-bond acceptors (Lipinski definition) is 3. The molecule has 20 heavy (non-hydrogen) atoms. The lowest BCUT2D eigenvalue weighted by Gasteiger charge is -2.26. The summed E-state index contributed by atoms with van der Waals surface area (Å²) in [7, 11) is 6.21. The molecule has 1 unspecified atom stereocenters. The van der Waals surface area contributed by atoms with Crippen molar-refractivity contribution in [2.45, 2.75) is 39.8 Å². The van der Waals surface area contributed by atoms with Crippen molar-refractivity contribution < 1.29 is 0 Å². The second-order valence-electron chi connectivity index (χ2n) is 6.19. The second-order valence-corrected chi connectivity index (χ2v) is 6.19. The molecule has 0 aliphatic rings. The van der Waals surface area contributed by atoms with E-state index in [-0.39, 0.29) is 0 Å². The van der Waals surface area contributed by atoms with Crippen LogP contribution in [-0.2, 0) is 13.6 Å². The van der Waals surface area contributed by atoms with E-state index in [0.29, 0.717) is 12.0 Å². The molecule has 112 valence electrons. The van der Waals surface area contributed by atoms with Crippen LogP contribution in [0.3, 0.4) is 0 Å². The summed E-state index contributed by atoms with van der Waals surface area (Å²) in [5, 5.41) is 12.6. The third kappa shape index (κ3) is 4.36. The third-order valence-corrected chi connectivity index (χ3v) is 3.92. The highest BCUT2D eigenvalue weighted by atomic mass is 15.1. The normalized spacial score (nSPS) is 12.9. The topological polar surface area (TPSA) is 44.0 Å². The molecule has 0 radical (unpaired) electrons. The number of hydrogen-bond donors (Lipinski definition) is 1. The van der Waals surface area contributed by atoms with Crippen LogP contribution in [0.1, 0.15) is 37.2 Å². The van der Waals surface area contributed by atoms with Crippen molar-refractivity contribution in [3.8, 4) is 6.07 Å². The molecule has 0 spiro atoms. The van der Waals surface area contributed by atoms with Crippen molar-refractivity contribution in [1.82, 2.24) is 14.8 Å². The fraction of sp³-hybridized carbons (Fsp3) is 0.688. The van der Waals surface area contributed by atoms with Gasteiger partial charge in [-0.15, -0.1) is 0 Å². The monoisotopic (exact) mass is 276 g/mol. The fourth-order valence-corrected chi connectivity index (χ4v) is 2.44. The minimum atomic E-state index is 0.550. The van der Waals surface area contributed by atoms with Crippen LogP contribution >= 0.6 is 0 Å². The smallest absolute Gasteiger partial charge is 0.120 e. The fourth-order valence-electron chi connectivity index (χ4n) is 2.44. The van der Waals surface area contributed by atoms with Crippen LogP contribution in [-0.4, -0.2) is 36.1 Å². The Bertz CT molecular complexity index is 466. The van der Waals surface area contributed by atoms with Gasteiger partial charge in [-0.05, 0) is 45.0 Å². The molecular weight excluding hydrogens is 248 g/mol. The predicted molar refractivity (Wildman–Crippen MR) is 83.5 cm³/mol. The lowest BCUT2D eigenvalue weighted by Crippen LogP contribution is -2.38. The molecule has 1 N–H and O–H groups in total. The predicted octanol–water partition coefficient (Wildman–Crippen LogP) is 2.27. The maximum absolute atomic E-state index is 9.04. The molecule has 1 rings (SSSR count). The van der Waals surface area contributed by atoms with E-state index in [1.165, 1.54) is 17.7 Å². The highest BCUT2D eigenvalue weighted by Gasteiger charge is 2.14. The Hall–Kier alpha value is -1.31. The Kier molecular flexibility index (Phi) is 6.25. The highest BCUT2D eigenvalue weighted by molar-refractivity contribution is 5.34. The van der Waals surface area contributed by atoms with Gasteiger partial charge < -0.3 is 14.8 Å². The molecular formula is C16H28N4. The summed E-state index contributed by atoms with van der Waals surface area (Å²) in [5.74, 6) is 0.702. The molecule has 1 aromatic rings. The average molecular weight is 276 g/mol. The molecule has 0 aliphatic carbocycles. The van der Waals surface area contributed by atoms with Crippen LogP contribution in [0, 0.1) is 24.2 Å². The molecule has 4 nitrogen and oxygen atoms in total. The van der Waals surface area contributed by atoms with Crippen LogP contribution in [0.5, 0.6) is 0 Å². The molecule has 0 aliphatic heterocycles. The molecule has 1 heterocycles. The Balaban J connectivity index is 2.57. The van der Waals surface area contributed by atoms with Crippen molar-refractivity contribution in [3.05, 3.63) is 23.0 Å². The van der Waals surface area contributed by atoms with E-state index < -0.39 is 0 Å². The van der Waals surface area contributed by atoms with Crippen molar-refractivity contribution in [2.24, 2.45) is 13.0 Å². The van der Waals surface area contributed by atoms with Gasteiger partial charge in [0.05, 0.1) is 0 Å². The molecule has 1 aromatic heterocycles. The largest absolute Gasteiger partial charge is 0.340 e. The summed E-state index contributed by atoms with van der Waals surface area (Å²) in [6.07, 6.45) is 1.19. The molecule has 0 aromatic carbocycles. The van der Waals surface area contributed by atoms with Crippen LogP contribution < -0.4 is 5.32 Å². The minimum Gasteiger partial charge on any atom is -0.340 e. The van der Waals surface area contributed by atoms with Gasteiger partial charge in [0.1, 0.15) is 11.8 Å². The van der Waals surface area contributed by atoms with Gasteiger partial charge in [0.25, 0.3) is 0 Å². The van der Waals surface area contributed by atoms with Crippen LogP contribution in [0.15, 0.2) is 6.07 Å². The Labute approximate surface area is 123 Å². The quantitative estimate of drug-likeness (QED) is 0.831. The van der Waals surface area contributed by atoms with Crippen molar-refractivity contribution >= 4 is 0 Å². The minimum absolute atomic E-state index is 0.550. The summed E-state index contributed by atoms with van der Waals surface area (Å²) in [6.45, 7) is 8.38. The number of nitriles is 1. The first-order valence-electron chi connectivity index (χ1n) is 7.29. The van der Waals surface area contributed by atoms with Gasteiger partial charge in [0, 0.05) is 31.9 Å². The van der Waals surface area contributed by atoms with Crippen molar-refractivity contribution in [3.63, 3.8) is 0 Å². The Morgan fingerprint density at radius 1 is 1.40 bits per heavy atom. The number of nitrogens with zero attached hydrogens (tertiary/aromatic N) is 3. The van der Waals surface area contributed by atoms with Crippen LogP contribution in [0.2, 0.25) is 0 Å². The van der Waals surface area contributed by atoms with E-state index in [1.54, 1.807) is 0 Å². The zero-order chi connectivity index (χ0) is 15.3. The third-order valence-electron chi connectivity index (χ3n) is 3.92. The van der Waals surface area contributed by atoms with E-state index in [2.05, 4.69) is 51.2 Å². The molecule has 0 fully saturated rings. The lowest BCUT2D eigenvalue weighted by molar-refractivity contribution is 0.246. The number of rotatable bonds is 7. The summed E-state index contributed by atoms with van der Waals surface area (Å²) in [5.41, 5.74) is 3.11. The first-order valence-corrected chi connectivity index (χ1v) is 7.29. The number of likely N-dealkylation sites (N-methyl/N-ethyl adjacent to an activating group) is 1. The van der Waals surface area contributed by atoms with Gasteiger partial charge in [-0.1, -0.05) is 13.8 Å². The average Bonchev–Trinajstić information content (AvgIpc) is 2.64. The van der Waals surface area contributed by atoms with Crippen LogP contribution in [0.25, 0.3) is 0 Å². The highest BCUT2D eigenvalue weighted by Crippen LogP contribution is 2.13. The zero-order valence-corrected chi connectivity index (χ0v) is 13.7. The molecule has 0 saturated heterocycles. The van der Waals surface area contributed by atoms with Gasteiger partial charge in [-0.2, -0.15) is 5.26 Å².